The van der Waals surface area contributed by atoms with Gasteiger partial charge in [0.05, 0.1) is 17.1 Å². The SMILES string of the molecule is c1ccc(-c2cc(-c3ccc(-c4cccc5c4sc4ccccc45)c4oc5ccccc5c34)nc(-c3cccc(-c4ccccn4)c3)n2)cc1. The maximum atomic E-state index is 6.77. The van der Waals surface area contributed by atoms with E-state index < -0.39 is 0 Å². The molecule has 0 amide bonds. The zero-order valence-electron chi connectivity index (χ0n) is 26.7. The Balaban J connectivity index is 1.23. The molecule has 0 saturated carbocycles. The average molecular weight is 658 g/mol. The van der Waals surface area contributed by atoms with Crippen LogP contribution in [-0.2, 0) is 0 Å². The Morgan fingerprint density at radius 2 is 1.18 bits per heavy atom. The highest BCUT2D eigenvalue weighted by Gasteiger charge is 2.21. The minimum absolute atomic E-state index is 0.652. The maximum absolute atomic E-state index is 6.77. The Labute approximate surface area is 292 Å². The number of pyridine rings is 1. The van der Waals surface area contributed by atoms with Gasteiger partial charge in [0.25, 0.3) is 0 Å². The van der Waals surface area contributed by atoms with Crippen molar-refractivity contribution in [1.82, 2.24) is 15.0 Å². The van der Waals surface area contributed by atoms with E-state index in [1.54, 1.807) is 0 Å². The van der Waals surface area contributed by atoms with Crippen molar-refractivity contribution >= 4 is 53.4 Å². The summed E-state index contributed by atoms with van der Waals surface area (Å²) in [6, 6.07) is 54.6. The van der Waals surface area contributed by atoms with Crippen molar-refractivity contribution in [2.24, 2.45) is 0 Å². The molecule has 234 valence electrons. The Bertz CT molecular complexity index is 2870. The highest BCUT2D eigenvalue weighted by molar-refractivity contribution is 7.26. The molecule has 0 aliphatic rings. The summed E-state index contributed by atoms with van der Waals surface area (Å²) in [7, 11) is 0. The van der Waals surface area contributed by atoms with Crippen molar-refractivity contribution in [2.75, 3.05) is 0 Å². The van der Waals surface area contributed by atoms with E-state index in [0.717, 1.165) is 66.8 Å². The molecule has 4 aromatic heterocycles. The molecule has 0 spiro atoms. The predicted octanol–water partition coefficient (Wildman–Crippen LogP) is 12.5. The molecule has 0 aliphatic carbocycles. The first-order valence-electron chi connectivity index (χ1n) is 16.6. The van der Waals surface area contributed by atoms with E-state index in [4.69, 9.17) is 14.4 Å². The molecule has 4 heterocycles. The monoisotopic (exact) mass is 657 g/mol. The molecular formula is C45H27N3OS. The van der Waals surface area contributed by atoms with Crippen LogP contribution in [0.1, 0.15) is 0 Å². The Hall–Kier alpha value is -6.43. The van der Waals surface area contributed by atoms with Gasteiger partial charge in [0.2, 0.25) is 0 Å². The summed E-state index contributed by atoms with van der Waals surface area (Å²) < 4.78 is 9.31. The van der Waals surface area contributed by atoms with E-state index in [9.17, 15) is 0 Å². The first-order chi connectivity index (χ1) is 24.8. The standard InChI is InChI=1S/C45H27N3OS/c1-2-12-28(13-3-1)38-27-39(48-45(47-38)30-15-10-14-29(26-30)37-20-8-9-25-46-37)35-24-23-32(43-42(35)36-17-4-6-21-40(36)49-43)34-19-11-18-33-31-16-5-7-22-41(31)50-44(33)34/h1-27H. The third kappa shape index (κ3) is 4.71. The van der Waals surface area contributed by atoms with Gasteiger partial charge in [0.15, 0.2) is 5.82 Å². The zero-order valence-corrected chi connectivity index (χ0v) is 27.6. The lowest BCUT2D eigenvalue weighted by atomic mass is 9.95. The van der Waals surface area contributed by atoms with Crippen LogP contribution in [0.4, 0.5) is 0 Å². The van der Waals surface area contributed by atoms with Crippen LogP contribution in [-0.4, -0.2) is 15.0 Å². The first kappa shape index (κ1) is 28.6. The number of thiophene rings is 1. The largest absolute Gasteiger partial charge is 0.455 e. The fraction of sp³-hybridized carbons (Fsp3) is 0. The molecule has 0 N–H and O–H groups in total. The highest BCUT2D eigenvalue weighted by atomic mass is 32.1. The number of hydrogen-bond acceptors (Lipinski definition) is 5. The van der Waals surface area contributed by atoms with Crippen LogP contribution in [0.2, 0.25) is 0 Å². The van der Waals surface area contributed by atoms with E-state index >= 15 is 0 Å². The van der Waals surface area contributed by atoms with Gasteiger partial charge in [-0.25, -0.2) is 9.97 Å². The summed E-state index contributed by atoms with van der Waals surface area (Å²) in [4.78, 5) is 15.0. The number of hydrogen-bond donors (Lipinski definition) is 0. The van der Waals surface area contributed by atoms with Crippen molar-refractivity contribution in [1.29, 1.82) is 0 Å². The van der Waals surface area contributed by atoms with Crippen molar-refractivity contribution < 1.29 is 4.42 Å². The van der Waals surface area contributed by atoms with Crippen molar-refractivity contribution in [3.8, 4) is 56.3 Å². The van der Waals surface area contributed by atoms with Gasteiger partial charge in [-0.2, -0.15) is 0 Å². The van der Waals surface area contributed by atoms with Crippen LogP contribution in [0.5, 0.6) is 0 Å². The lowest BCUT2D eigenvalue weighted by Gasteiger charge is -2.12. The van der Waals surface area contributed by atoms with E-state index in [1.807, 2.05) is 72.1 Å². The molecule has 0 radical (unpaired) electrons. The van der Waals surface area contributed by atoms with Crippen molar-refractivity contribution in [3.63, 3.8) is 0 Å². The molecule has 5 heteroatoms. The molecular weight excluding hydrogens is 631 g/mol. The number of benzene rings is 6. The lowest BCUT2D eigenvalue weighted by Crippen LogP contribution is -1.97. The fourth-order valence-electron chi connectivity index (χ4n) is 7.04. The molecule has 0 atom stereocenters. The third-order valence-electron chi connectivity index (χ3n) is 9.37. The molecule has 0 unspecified atom stereocenters. The Morgan fingerprint density at radius 1 is 0.460 bits per heavy atom. The number of nitrogens with zero attached hydrogens (tertiary/aromatic N) is 3. The number of fused-ring (bicyclic) bond motifs is 6. The zero-order chi connectivity index (χ0) is 33.0. The number of furan rings is 1. The van der Waals surface area contributed by atoms with Crippen LogP contribution in [0, 0.1) is 0 Å². The summed E-state index contributed by atoms with van der Waals surface area (Å²) in [5.74, 6) is 0.652. The van der Waals surface area contributed by atoms with Crippen LogP contribution in [0.3, 0.4) is 0 Å². The van der Waals surface area contributed by atoms with Crippen LogP contribution in [0.15, 0.2) is 168 Å². The summed E-state index contributed by atoms with van der Waals surface area (Å²) in [6.45, 7) is 0. The molecule has 10 aromatic rings. The number of aromatic nitrogens is 3. The Kier molecular flexibility index (Phi) is 6.64. The quantitative estimate of drug-likeness (QED) is 0.185. The van der Waals surface area contributed by atoms with E-state index in [1.165, 1.54) is 25.7 Å². The predicted molar refractivity (Wildman–Crippen MR) is 207 cm³/mol. The normalized spacial score (nSPS) is 11.6. The molecule has 50 heavy (non-hydrogen) atoms. The van der Waals surface area contributed by atoms with Gasteiger partial charge in [-0.15, -0.1) is 11.3 Å². The smallest absolute Gasteiger partial charge is 0.160 e. The molecule has 4 nitrogen and oxygen atoms in total. The van der Waals surface area contributed by atoms with Gasteiger partial charge >= 0.3 is 0 Å². The van der Waals surface area contributed by atoms with E-state index in [-0.39, 0.29) is 0 Å². The van der Waals surface area contributed by atoms with Crippen molar-refractivity contribution in [2.45, 2.75) is 0 Å². The molecule has 0 saturated heterocycles. The van der Waals surface area contributed by atoms with Gasteiger partial charge in [-0.05, 0) is 42.5 Å². The number of rotatable bonds is 5. The van der Waals surface area contributed by atoms with Gasteiger partial charge in [-0.3, -0.25) is 4.98 Å². The summed E-state index contributed by atoms with van der Waals surface area (Å²) in [6.07, 6.45) is 1.82. The summed E-state index contributed by atoms with van der Waals surface area (Å²) in [5, 5.41) is 4.64. The second kappa shape index (κ2) is 11.6. The van der Waals surface area contributed by atoms with Crippen molar-refractivity contribution in [3.05, 3.63) is 164 Å². The fourth-order valence-corrected chi connectivity index (χ4v) is 8.27. The van der Waals surface area contributed by atoms with Gasteiger partial charge in [0.1, 0.15) is 11.2 Å². The van der Waals surface area contributed by atoms with Crippen LogP contribution >= 0.6 is 11.3 Å². The van der Waals surface area contributed by atoms with Gasteiger partial charge < -0.3 is 4.42 Å². The number of para-hydroxylation sites is 1. The lowest BCUT2D eigenvalue weighted by molar-refractivity contribution is 0.670. The summed E-state index contributed by atoms with van der Waals surface area (Å²) in [5.41, 5.74) is 10.5. The second-order valence-electron chi connectivity index (χ2n) is 12.4. The topological polar surface area (TPSA) is 51.8 Å². The molecule has 10 rings (SSSR count). The first-order valence-corrected chi connectivity index (χ1v) is 17.4. The molecule has 0 bridgehead atoms. The van der Waals surface area contributed by atoms with Gasteiger partial charge in [0, 0.05) is 70.5 Å². The minimum Gasteiger partial charge on any atom is -0.455 e. The van der Waals surface area contributed by atoms with Crippen LogP contribution in [0.25, 0.3) is 98.4 Å². The highest BCUT2D eigenvalue weighted by Crippen LogP contribution is 2.46. The minimum atomic E-state index is 0.652. The third-order valence-corrected chi connectivity index (χ3v) is 10.6. The molecule has 0 fully saturated rings. The average Bonchev–Trinajstić information content (AvgIpc) is 3.78. The van der Waals surface area contributed by atoms with E-state index in [0.29, 0.717) is 5.82 Å². The van der Waals surface area contributed by atoms with Crippen LogP contribution < -0.4 is 0 Å². The summed E-state index contributed by atoms with van der Waals surface area (Å²) >= 11 is 1.83. The Morgan fingerprint density at radius 3 is 2.08 bits per heavy atom. The van der Waals surface area contributed by atoms with E-state index in [2.05, 4.69) is 108 Å². The second-order valence-corrected chi connectivity index (χ2v) is 13.4. The maximum Gasteiger partial charge on any atom is 0.160 e. The van der Waals surface area contributed by atoms with Gasteiger partial charge in [-0.1, -0.05) is 115 Å². The molecule has 6 aromatic carbocycles. The molecule has 0 aliphatic heterocycles.